The molecule has 1 aromatic carbocycles. The molecular formula is C13H21NO2. The van der Waals surface area contributed by atoms with Gasteiger partial charge in [-0.25, -0.2) is 0 Å². The van der Waals surface area contributed by atoms with Gasteiger partial charge in [-0.05, 0) is 43.5 Å². The minimum atomic E-state index is 0.235. The smallest absolute Gasteiger partial charge is 0.122 e. The largest absolute Gasteiger partial charge is 0.496 e. The molecule has 0 saturated carbocycles. The second-order valence-electron chi connectivity index (χ2n) is 4.11. The fraction of sp³-hybridized carbons (Fsp3) is 0.538. The average Bonchev–Trinajstić information content (AvgIpc) is 2.28. The monoisotopic (exact) mass is 223 g/mol. The van der Waals surface area contributed by atoms with E-state index >= 15 is 0 Å². The number of aliphatic hydroxyl groups excluding tert-OH is 1. The molecule has 16 heavy (non-hydrogen) atoms. The zero-order valence-electron chi connectivity index (χ0n) is 10.6. The van der Waals surface area contributed by atoms with E-state index in [2.05, 4.69) is 24.0 Å². The van der Waals surface area contributed by atoms with Crippen LogP contribution in [0, 0.1) is 13.8 Å². The Hall–Kier alpha value is -1.22. The van der Waals surface area contributed by atoms with E-state index in [1.54, 1.807) is 7.11 Å². The number of methoxy groups -OCH3 is 1. The zero-order valence-corrected chi connectivity index (χ0v) is 10.6. The summed E-state index contributed by atoms with van der Waals surface area (Å²) in [4.78, 5) is 2.16. The first-order chi connectivity index (χ1) is 7.60. The van der Waals surface area contributed by atoms with Crippen LogP contribution >= 0.6 is 0 Å². The van der Waals surface area contributed by atoms with Gasteiger partial charge >= 0.3 is 0 Å². The van der Waals surface area contributed by atoms with Crippen molar-refractivity contribution < 1.29 is 9.84 Å². The average molecular weight is 223 g/mol. The Kier molecular flexibility index (Phi) is 4.62. The summed E-state index contributed by atoms with van der Waals surface area (Å²) in [5.74, 6) is 0.928. The number of hydrogen-bond acceptors (Lipinski definition) is 3. The number of anilines is 1. The number of benzene rings is 1. The maximum absolute atomic E-state index is 8.82. The summed E-state index contributed by atoms with van der Waals surface area (Å²) in [7, 11) is 3.74. The van der Waals surface area contributed by atoms with Gasteiger partial charge in [0.05, 0.1) is 7.11 Å². The van der Waals surface area contributed by atoms with Crippen LogP contribution in [0.15, 0.2) is 12.1 Å². The molecule has 1 N–H and O–H groups in total. The van der Waals surface area contributed by atoms with Crippen molar-refractivity contribution in [2.24, 2.45) is 0 Å². The number of aliphatic hydroxyl groups is 1. The second kappa shape index (κ2) is 5.75. The molecule has 0 unspecified atom stereocenters. The van der Waals surface area contributed by atoms with Gasteiger partial charge in [-0.15, -0.1) is 0 Å². The standard InChI is InChI=1S/C13H21NO2/c1-10-9-13(16-4)11(2)8-12(10)14(3)6-5-7-15/h8-9,15H,5-7H2,1-4H3. The minimum Gasteiger partial charge on any atom is -0.496 e. The molecule has 0 heterocycles. The van der Waals surface area contributed by atoms with Gasteiger partial charge in [-0.1, -0.05) is 0 Å². The SMILES string of the molecule is COc1cc(C)c(N(C)CCCO)cc1C. The molecule has 0 radical (unpaired) electrons. The third-order valence-corrected chi connectivity index (χ3v) is 2.78. The number of nitrogens with zero attached hydrogens (tertiary/aromatic N) is 1. The summed E-state index contributed by atoms with van der Waals surface area (Å²) < 4.78 is 5.28. The topological polar surface area (TPSA) is 32.7 Å². The Morgan fingerprint density at radius 3 is 2.50 bits per heavy atom. The predicted molar refractivity (Wildman–Crippen MR) is 67.4 cm³/mol. The molecule has 3 nitrogen and oxygen atoms in total. The first-order valence-electron chi connectivity index (χ1n) is 5.57. The highest BCUT2D eigenvalue weighted by Crippen LogP contribution is 2.28. The Morgan fingerprint density at radius 1 is 1.25 bits per heavy atom. The van der Waals surface area contributed by atoms with E-state index in [1.807, 2.05) is 14.0 Å². The van der Waals surface area contributed by atoms with Gasteiger partial charge in [0.25, 0.3) is 0 Å². The molecule has 0 atom stereocenters. The lowest BCUT2D eigenvalue weighted by atomic mass is 10.1. The Labute approximate surface area is 97.7 Å². The number of aryl methyl sites for hydroxylation is 2. The third-order valence-electron chi connectivity index (χ3n) is 2.78. The lowest BCUT2D eigenvalue weighted by Gasteiger charge is -2.22. The molecule has 0 aliphatic rings. The molecule has 0 spiro atoms. The summed E-state index contributed by atoms with van der Waals surface area (Å²) in [6, 6.07) is 4.19. The molecule has 90 valence electrons. The molecule has 0 amide bonds. The molecule has 0 aliphatic carbocycles. The van der Waals surface area contributed by atoms with Crippen molar-refractivity contribution in [3.05, 3.63) is 23.3 Å². The highest BCUT2D eigenvalue weighted by Gasteiger charge is 2.08. The molecule has 0 saturated heterocycles. The van der Waals surface area contributed by atoms with Crippen LogP contribution in [0.1, 0.15) is 17.5 Å². The molecule has 0 fully saturated rings. The Morgan fingerprint density at radius 2 is 1.94 bits per heavy atom. The molecule has 1 aromatic rings. The van der Waals surface area contributed by atoms with Gasteiger partial charge in [-0.3, -0.25) is 0 Å². The van der Waals surface area contributed by atoms with Gasteiger partial charge in [0.1, 0.15) is 5.75 Å². The van der Waals surface area contributed by atoms with Crippen LogP contribution in [0.25, 0.3) is 0 Å². The second-order valence-corrected chi connectivity index (χ2v) is 4.11. The lowest BCUT2D eigenvalue weighted by Crippen LogP contribution is -2.20. The van der Waals surface area contributed by atoms with Crippen LogP contribution in [0.4, 0.5) is 5.69 Å². The maximum Gasteiger partial charge on any atom is 0.122 e. The van der Waals surface area contributed by atoms with Gasteiger partial charge in [0.2, 0.25) is 0 Å². The van der Waals surface area contributed by atoms with Crippen LogP contribution < -0.4 is 9.64 Å². The van der Waals surface area contributed by atoms with Crippen molar-refractivity contribution in [3.8, 4) is 5.75 Å². The molecule has 0 aromatic heterocycles. The van der Waals surface area contributed by atoms with E-state index in [-0.39, 0.29) is 6.61 Å². The first kappa shape index (κ1) is 12.8. The molecular weight excluding hydrogens is 202 g/mol. The molecule has 0 aliphatic heterocycles. The quantitative estimate of drug-likeness (QED) is 0.830. The van der Waals surface area contributed by atoms with Crippen LogP contribution in [0.3, 0.4) is 0 Å². The summed E-state index contributed by atoms with van der Waals surface area (Å²) >= 11 is 0. The Balaban J connectivity index is 2.92. The van der Waals surface area contributed by atoms with Crippen LogP contribution in [-0.2, 0) is 0 Å². The van der Waals surface area contributed by atoms with Crippen molar-refractivity contribution in [1.29, 1.82) is 0 Å². The van der Waals surface area contributed by atoms with Crippen molar-refractivity contribution in [2.75, 3.05) is 32.2 Å². The first-order valence-corrected chi connectivity index (χ1v) is 5.57. The van der Waals surface area contributed by atoms with E-state index < -0.39 is 0 Å². The van der Waals surface area contributed by atoms with E-state index in [0.29, 0.717) is 0 Å². The Bertz CT molecular complexity index is 350. The van der Waals surface area contributed by atoms with E-state index in [1.165, 1.54) is 11.3 Å². The highest BCUT2D eigenvalue weighted by molar-refractivity contribution is 5.58. The van der Waals surface area contributed by atoms with Crippen molar-refractivity contribution in [1.82, 2.24) is 0 Å². The van der Waals surface area contributed by atoms with Gasteiger partial charge in [0, 0.05) is 25.9 Å². The normalized spacial score (nSPS) is 10.3. The lowest BCUT2D eigenvalue weighted by molar-refractivity contribution is 0.290. The number of rotatable bonds is 5. The van der Waals surface area contributed by atoms with Crippen LogP contribution in [0.5, 0.6) is 5.75 Å². The summed E-state index contributed by atoms with van der Waals surface area (Å²) in [5.41, 5.74) is 3.54. The van der Waals surface area contributed by atoms with Crippen molar-refractivity contribution in [3.63, 3.8) is 0 Å². The summed E-state index contributed by atoms with van der Waals surface area (Å²) in [6.45, 7) is 5.22. The fourth-order valence-corrected chi connectivity index (χ4v) is 1.83. The van der Waals surface area contributed by atoms with E-state index in [0.717, 1.165) is 24.3 Å². The summed E-state index contributed by atoms with van der Waals surface area (Å²) in [5, 5.41) is 8.82. The van der Waals surface area contributed by atoms with Crippen LogP contribution in [-0.4, -0.2) is 32.4 Å². The third kappa shape index (κ3) is 2.89. The molecule has 1 rings (SSSR count). The van der Waals surface area contributed by atoms with Gasteiger partial charge in [0.15, 0.2) is 0 Å². The molecule has 3 heteroatoms. The highest BCUT2D eigenvalue weighted by atomic mass is 16.5. The van der Waals surface area contributed by atoms with E-state index in [4.69, 9.17) is 9.84 Å². The summed E-state index contributed by atoms with van der Waals surface area (Å²) in [6.07, 6.45) is 0.793. The fourth-order valence-electron chi connectivity index (χ4n) is 1.83. The number of hydrogen-bond donors (Lipinski definition) is 1. The maximum atomic E-state index is 8.82. The zero-order chi connectivity index (χ0) is 12.1. The predicted octanol–water partition coefficient (Wildman–Crippen LogP) is 2.13. The minimum absolute atomic E-state index is 0.235. The number of ether oxygens (including phenoxy) is 1. The van der Waals surface area contributed by atoms with Crippen molar-refractivity contribution >= 4 is 5.69 Å². The van der Waals surface area contributed by atoms with Crippen LogP contribution in [0.2, 0.25) is 0 Å². The van der Waals surface area contributed by atoms with Gasteiger partial charge in [-0.2, -0.15) is 0 Å². The van der Waals surface area contributed by atoms with Gasteiger partial charge < -0.3 is 14.7 Å². The molecule has 0 bridgehead atoms. The van der Waals surface area contributed by atoms with Crippen molar-refractivity contribution in [2.45, 2.75) is 20.3 Å². The van der Waals surface area contributed by atoms with E-state index in [9.17, 15) is 0 Å².